The average Bonchev–Trinajstić information content (AvgIpc) is 2.80. The summed E-state index contributed by atoms with van der Waals surface area (Å²) in [5.41, 5.74) is 0. The third-order valence-corrected chi connectivity index (χ3v) is 3.19. The van der Waals surface area contributed by atoms with Crippen molar-refractivity contribution < 1.29 is 8.78 Å². The number of hydrogen-bond donors (Lipinski definition) is 1. The molecule has 1 aliphatic heterocycles. The molecule has 100 valence electrons. The minimum absolute atomic E-state index is 0.129. The first-order valence-electron chi connectivity index (χ1n) is 6.42. The quantitative estimate of drug-likeness (QED) is 0.876. The number of nitrogens with one attached hydrogen (secondary N) is 1. The Labute approximate surface area is 106 Å². The molecule has 1 N–H and O–H groups in total. The van der Waals surface area contributed by atoms with Crippen LogP contribution in [0.1, 0.15) is 19.8 Å². The fraction of sp³-hybridized carbons (Fsp3) is 0.615. The Balaban J connectivity index is 1.79. The Morgan fingerprint density at radius 2 is 2.11 bits per heavy atom. The molecule has 1 aliphatic rings. The van der Waals surface area contributed by atoms with Gasteiger partial charge in [0.15, 0.2) is 11.6 Å². The zero-order valence-electron chi connectivity index (χ0n) is 10.6. The van der Waals surface area contributed by atoms with Crippen molar-refractivity contribution in [3.05, 3.63) is 23.9 Å². The van der Waals surface area contributed by atoms with Crippen LogP contribution in [0, 0.1) is 17.6 Å². The van der Waals surface area contributed by atoms with E-state index >= 15 is 0 Å². The van der Waals surface area contributed by atoms with Crippen LogP contribution < -0.4 is 5.32 Å². The first-order chi connectivity index (χ1) is 8.65. The molecule has 0 saturated carbocycles. The molecule has 5 heteroatoms. The summed E-state index contributed by atoms with van der Waals surface area (Å²) in [6.45, 7) is 6.09. The van der Waals surface area contributed by atoms with Crippen molar-refractivity contribution in [1.29, 1.82) is 0 Å². The second-order valence-corrected chi connectivity index (χ2v) is 4.98. The van der Waals surface area contributed by atoms with Gasteiger partial charge >= 0.3 is 0 Å². The van der Waals surface area contributed by atoms with Gasteiger partial charge in [-0.15, -0.1) is 0 Å². The van der Waals surface area contributed by atoms with Crippen molar-refractivity contribution in [3.8, 4) is 0 Å². The van der Waals surface area contributed by atoms with Gasteiger partial charge in [0, 0.05) is 19.2 Å². The second kappa shape index (κ2) is 6.09. The van der Waals surface area contributed by atoms with Crippen LogP contribution in [0.5, 0.6) is 0 Å². The highest BCUT2D eigenvalue weighted by atomic mass is 19.1. The summed E-state index contributed by atoms with van der Waals surface area (Å²) in [6.07, 6.45) is 3.57. The molecule has 1 unspecified atom stereocenters. The summed E-state index contributed by atoms with van der Waals surface area (Å²) in [5, 5.41) is 2.93. The maximum atomic E-state index is 13.3. The number of rotatable bonds is 5. The van der Waals surface area contributed by atoms with E-state index in [2.05, 4.69) is 22.1 Å². The van der Waals surface area contributed by atoms with Crippen molar-refractivity contribution in [3.63, 3.8) is 0 Å². The molecular formula is C13H19F2N3. The van der Waals surface area contributed by atoms with E-state index in [1.165, 1.54) is 12.8 Å². The predicted molar refractivity (Wildman–Crippen MR) is 67.5 cm³/mol. The van der Waals surface area contributed by atoms with E-state index in [1.807, 2.05) is 0 Å². The Kier molecular flexibility index (Phi) is 4.47. The van der Waals surface area contributed by atoms with E-state index in [0.29, 0.717) is 12.5 Å². The van der Waals surface area contributed by atoms with Gasteiger partial charge in [-0.1, -0.05) is 6.92 Å². The van der Waals surface area contributed by atoms with Crippen LogP contribution in [0.3, 0.4) is 0 Å². The van der Waals surface area contributed by atoms with Crippen LogP contribution in [0.25, 0.3) is 0 Å². The van der Waals surface area contributed by atoms with Crippen molar-refractivity contribution in [2.45, 2.75) is 19.8 Å². The van der Waals surface area contributed by atoms with Gasteiger partial charge in [-0.25, -0.2) is 13.8 Å². The van der Waals surface area contributed by atoms with Crippen LogP contribution in [0.15, 0.2) is 12.3 Å². The number of nitrogens with zero attached hydrogens (tertiary/aromatic N) is 2. The van der Waals surface area contributed by atoms with E-state index in [1.54, 1.807) is 0 Å². The lowest BCUT2D eigenvalue weighted by molar-refractivity contribution is 0.294. The summed E-state index contributed by atoms with van der Waals surface area (Å²) >= 11 is 0. The lowest BCUT2D eigenvalue weighted by Crippen LogP contribution is -2.29. The highest BCUT2D eigenvalue weighted by Gasteiger charge is 2.15. The molecule has 0 aliphatic carbocycles. The lowest BCUT2D eigenvalue weighted by Gasteiger charge is -2.20. The van der Waals surface area contributed by atoms with Gasteiger partial charge in [0.2, 0.25) is 0 Å². The maximum absolute atomic E-state index is 13.3. The van der Waals surface area contributed by atoms with Crippen LogP contribution >= 0.6 is 0 Å². The molecule has 1 saturated heterocycles. The number of likely N-dealkylation sites (tertiary alicyclic amines) is 1. The normalized spacial score (nSPS) is 17.9. The molecule has 2 rings (SSSR count). The number of hydrogen-bond acceptors (Lipinski definition) is 3. The molecule has 2 heterocycles. The monoisotopic (exact) mass is 255 g/mol. The molecule has 1 aromatic heterocycles. The molecule has 1 aromatic rings. The summed E-state index contributed by atoms with van der Waals surface area (Å²) in [6, 6.07) is 0.848. The third kappa shape index (κ3) is 3.63. The van der Waals surface area contributed by atoms with Gasteiger partial charge < -0.3 is 10.2 Å². The fourth-order valence-corrected chi connectivity index (χ4v) is 2.29. The number of anilines is 1. The molecule has 0 radical (unpaired) electrons. The number of pyridine rings is 1. The number of halogens is 2. The third-order valence-electron chi connectivity index (χ3n) is 3.19. The smallest absolute Gasteiger partial charge is 0.168 e. The Hall–Kier alpha value is -1.23. The molecule has 0 spiro atoms. The highest BCUT2D eigenvalue weighted by Crippen LogP contribution is 2.13. The lowest BCUT2D eigenvalue weighted by atomic mass is 10.1. The topological polar surface area (TPSA) is 28.2 Å². The van der Waals surface area contributed by atoms with Gasteiger partial charge in [-0.3, -0.25) is 0 Å². The minimum atomic E-state index is -0.650. The summed E-state index contributed by atoms with van der Waals surface area (Å²) in [5.74, 6) is -0.745. The fourth-order valence-electron chi connectivity index (χ4n) is 2.29. The van der Waals surface area contributed by atoms with E-state index in [0.717, 1.165) is 31.9 Å². The van der Waals surface area contributed by atoms with Crippen LogP contribution in [0.2, 0.25) is 0 Å². The molecule has 18 heavy (non-hydrogen) atoms. The standard InChI is InChI=1S/C13H19F2N3/c1-10(9-18-4-2-3-5-18)7-16-13-12(15)6-11(14)8-17-13/h6,8,10H,2-5,7,9H2,1H3,(H,16,17). The van der Waals surface area contributed by atoms with Crippen LogP contribution in [-0.4, -0.2) is 36.1 Å². The number of aromatic nitrogens is 1. The SMILES string of the molecule is CC(CNc1ncc(F)cc1F)CN1CCCC1. The first-order valence-corrected chi connectivity index (χ1v) is 6.42. The molecule has 1 atom stereocenters. The zero-order chi connectivity index (χ0) is 13.0. The van der Waals surface area contributed by atoms with Crippen molar-refractivity contribution in [2.24, 2.45) is 5.92 Å². The van der Waals surface area contributed by atoms with Gasteiger partial charge in [-0.05, 0) is 31.8 Å². The summed E-state index contributed by atoms with van der Waals surface area (Å²) < 4.78 is 26.0. The Bertz CT molecular complexity index is 392. The minimum Gasteiger partial charge on any atom is -0.367 e. The largest absolute Gasteiger partial charge is 0.367 e. The molecule has 0 aromatic carbocycles. The van der Waals surface area contributed by atoms with Crippen molar-refractivity contribution in [2.75, 3.05) is 31.5 Å². The van der Waals surface area contributed by atoms with Gasteiger partial charge in [0.05, 0.1) is 6.20 Å². The van der Waals surface area contributed by atoms with Gasteiger partial charge in [-0.2, -0.15) is 0 Å². The van der Waals surface area contributed by atoms with E-state index in [-0.39, 0.29) is 5.82 Å². The molecular weight excluding hydrogens is 236 g/mol. The summed E-state index contributed by atoms with van der Waals surface area (Å²) in [7, 11) is 0. The molecule has 1 fully saturated rings. The van der Waals surface area contributed by atoms with Crippen LogP contribution in [-0.2, 0) is 0 Å². The Morgan fingerprint density at radius 1 is 1.39 bits per heavy atom. The first kappa shape index (κ1) is 13.2. The van der Waals surface area contributed by atoms with Gasteiger partial charge in [0.1, 0.15) is 5.82 Å². The van der Waals surface area contributed by atoms with Crippen molar-refractivity contribution >= 4 is 5.82 Å². The summed E-state index contributed by atoms with van der Waals surface area (Å²) in [4.78, 5) is 6.12. The second-order valence-electron chi connectivity index (χ2n) is 4.98. The van der Waals surface area contributed by atoms with E-state index in [4.69, 9.17) is 0 Å². The molecule has 3 nitrogen and oxygen atoms in total. The zero-order valence-corrected chi connectivity index (χ0v) is 10.6. The average molecular weight is 255 g/mol. The van der Waals surface area contributed by atoms with E-state index in [9.17, 15) is 8.78 Å². The molecule has 0 amide bonds. The Morgan fingerprint density at radius 3 is 2.78 bits per heavy atom. The van der Waals surface area contributed by atoms with Crippen LogP contribution in [0.4, 0.5) is 14.6 Å². The van der Waals surface area contributed by atoms with Gasteiger partial charge in [0.25, 0.3) is 0 Å². The molecule has 0 bridgehead atoms. The predicted octanol–water partition coefficient (Wildman–Crippen LogP) is 2.50. The van der Waals surface area contributed by atoms with E-state index < -0.39 is 11.6 Å². The van der Waals surface area contributed by atoms with Crippen molar-refractivity contribution in [1.82, 2.24) is 9.88 Å². The highest BCUT2D eigenvalue weighted by molar-refractivity contribution is 5.35. The maximum Gasteiger partial charge on any atom is 0.168 e.